The number of unbranched alkanes of at least 4 members (excludes halogenated alkanes) is 1. The summed E-state index contributed by atoms with van der Waals surface area (Å²) < 4.78 is 2.45. The molecule has 18 heavy (non-hydrogen) atoms. The maximum atomic E-state index is 11.9. The van der Waals surface area contributed by atoms with E-state index in [0.29, 0.717) is 3.57 Å². The van der Waals surface area contributed by atoms with Crippen molar-refractivity contribution in [1.29, 1.82) is 0 Å². The predicted molar refractivity (Wildman–Crippen MR) is 82.9 cm³/mol. The van der Waals surface area contributed by atoms with Gasteiger partial charge in [0.1, 0.15) is 5.82 Å². The van der Waals surface area contributed by atoms with Crippen LogP contribution in [0.3, 0.4) is 0 Å². The van der Waals surface area contributed by atoms with Gasteiger partial charge in [0.25, 0.3) is 5.56 Å². The first-order valence-corrected chi connectivity index (χ1v) is 7.36. The molecule has 0 radical (unpaired) electrons. The zero-order valence-electron chi connectivity index (χ0n) is 11.6. The number of hydrogen-bond donors (Lipinski definition) is 1. The summed E-state index contributed by atoms with van der Waals surface area (Å²) in [5, 5.41) is 3.44. The summed E-state index contributed by atoms with van der Waals surface area (Å²) in [6.07, 6.45) is 3.69. The lowest BCUT2D eigenvalue weighted by molar-refractivity contribution is 0.412. The number of nitrogens with one attached hydrogen (secondary N) is 1. The Balaban J connectivity index is 2.45. The van der Waals surface area contributed by atoms with Gasteiger partial charge in [-0.05, 0) is 69.7 Å². The Morgan fingerprint density at radius 3 is 2.67 bits per heavy atom. The van der Waals surface area contributed by atoms with Crippen molar-refractivity contribution in [1.82, 2.24) is 14.9 Å². The molecule has 0 aliphatic carbocycles. The van der Waals surface area contributed by atoms with E-state index in [1.54, 1.807) is 10.8 Å². The number of aryl methyl sites for hydroxylation is 1. The van der Waals surface area contributed by atoms with Gasteiger partial charge in [0, 0.05) is 18.3 Å². The second kappa shape index (κ2) is 6.65. The van der Waals surface area contributed by atoms with Crippen LogP contribution in [0, 0.1) is 10.5 Å². The molecule has 1 heterocycles. The van der Waals surface area contributed by atoms with Crippen LogP contribution in [0.25, 0.3) is 0 Å². The third kappa shape index (κ3) is 5.06. The Labute approximate surface area is 122 Å². The predicted octanol–water partition coefficient (Wildman–Crippen LogP) is 2.32. The van der Waals surface area contributed by atoms with Gasteiger partial charge in [-0.2, -0.15) is 0 Å². The molecule has 1 rings (SSSR count). The van der Waals surface area contributed by atoms with Crippen LogP contribution in [0.4, 0.5) is 0 Å². The molecular weight excluding hydrogens is 341 g/mol. The third-order valence-electron chi connectivity index (χ3n) is 2.67. The van der Waals surface area contributed by atoms with Crippen molar-refractivity contribution in [3.05, 3.63) is 25.9 Å². The lowest BCUT2D eigenvalue weighted by atomic mass is 10.1. The second-order valence-electron chi connectivity index (χ2n) is 5.49. The Hall–Kier alpha value is -0.430. The van der Waals surface area contributed by atoms with Crippen molar-refractivity contribution in [3.63, 3.8) is 0 Å². The molecule has 0 bridgehead atoms. The number of halogens is 1. The lowest BCUT2D eigenvalue weighted by Crippen LogP contribution is -2.36. The zero-order chi connectivity index (χ0) is 13.8. The van der Waals surface area contributed by atoms with Crippen molar-refractivity contribution in [2.45, 2.75) is 52.6 Å². The fraction of sp³-hybridized carbons (Fsp3) is 0.692. The van der Waals surface area contributed by atoms with Gasteiger partial charge >= 0.3 is 0 Å². The second-order valence-corrected chi connectivity index (χ2v) is 6.66. The number of rotatable bonds is 5. The summed E-state index contributed by atoms with van der Waals surface area (Å²) in [6.45, 7) is 10.1. The van der Waals surface area contributed by atoms with Gasteiger partial charge in [0.05, 0.1) is 3.57 Å². The van der Waals surface area contributed by atoms with Gasteiger partial charge in [-0.25, -0.2) is 4.98 Å². The van der Waals surface area contributed by atoms with Crippen LogP contribution in [-0.4, -0.2) is 21.6 Å². The highest BCUT2D eigenvalue weighted by atomic mass is 127. The van der Waals surface area contributed by atoms with E-state index < -0.39 is 0 Å². The normalized spacial score (nSPS) is 11.8. The molecule has 0 spiro atoms. The Bertz CT molecular complexity index is 449. The largest absolute Gasteiger partial charge is 0.312 e. The van der Waals surface area contributed by atoms with E-state index in [-0.39, 0.29) is 11.1 Å². The van der Waals surface area contributed by atoms with E-state index >= 15 is 0 Å². The van der Waals surface area contributed by atoms with Crippen molar-refractivity contribution in [2.24, 2.45) is 0 Å². The fourth-order valence-electron chi connectivity index (χ4n) is 1.67. The first-order valence-electron chi connectivity index (χ1n) is 6.28. The van der Waals surface area contributed by atoms with E-state index in [4.69, 9.17) is 0 Å². The molecule has 0 unspecified atom stereocenters. The van der Waals surface area contributed by atoms with E-state index in [9.17, 15) is 4.79 Å². The minimum absolute atomic E-state index is 0.0758. The quantitative estimate of drug-likeness (QED) is 0.645. The van der Waals surface area contributed by atoms with Crippen LogP contribution in [-0.2, 0) is 6.54 Å². The summed E-state index contributed by atoms with van der Waals surface area (Å²) in [6, 6.07) is 0. The molecule has 1 aromatic heterocycles. The molecule has 0 saturated carbocycles. The van der Waals surface area contributed by atoms with Crippen molar-refractivity contribution in [3.8, 4) is 0 Å². The number of aromatic nitrogens is 2. The van der Waals surface area contributed by atoms with Gasteiger partial charge < -0.3 is 5.32 Å². The summed E-state index contributed by atoms with van der Waals surface area (Å²) in [4.78, 5) is 16.1. The Kier molecular flexibility index (Phi) is 5.78. The number of hydrogen-bond acceptors (Lipinski definition) is 3. The average molecular weight is 363 g/mol. The number of nitrogens with zero attached hydrogens (tertiary/aromatic N) is 2. The van der Waals surface area contributed by atoms with E-state index in [0.717, 1.165) is 31.8 Å². The molecule has 0 aromatic carbocycles. The minimum atomic E-state index is 0.0758. The fourth-order valence-corrected chi connectivity index (χ4v) is 2.10. The van der Waals surface area contributed by atoms with Gasteiger partial charge in [0.15, 0.2) is 0 Å². The van der Waals surface area contributed by atoms with Crippen molar-refractivity contribution in [2.75, 3.05) is 6.54 Å². The highest BCUT2D eigenvalue weighted by molar-refractivity contribution is 14.1. The first kappa shape index (κ1) is 15.6. The summed E-state index contributed by atoms with van der Waals surface area (Å²) >= 11 is 2.04. The molecule has 1 aromatic rings. The molecule has 1 N–H and O–H groups in total. The van der Waals surface area contributed by atoms with Gasteiger partial charge in [-0.1, -0.05) is 0 Å². The molecule has 0 saturated heterocycles. The molecule has 0 fully saturated rings. The van der Waals surface area contributed by atoms with Crippen molar-refractivity contribution < 1.29 is 0 Å². The summed E-state index contributed by atoms with van der Waals surface area (Å²) in [5.74, 6) is 0.796. The van der Waals surface area contributed by atoms with Crippen molar-refractivity contribution >= 4 is 22.6 Å². The first-order chi connectivity index (χ1) is 8.31. The standard InChI is InChI=1S/C13H22IN3O/c1-10-15-9-11(14)12(18)17(10)8-6-5-7-16-13(2,3)4/h9,16H,5-8H2,1-4H3. The maximum Gasteiger partial charge on any atom is 0.266 e. The Morgan fingerprint density at radius 1 is 1.39 bits per heavy atom. The molecular formula is C13H22IN3O. The van der Waals surface area contributed by atoms with E-state index in [2.05, 4.69) is 31.1 Å². The summed E-state index contributed by atoms with van der Waals surface area (Å²) in [7, 11) is 0. The van der Waals surface area contributed by atoms with Crippen LogP contribution in [0.2, 0.25) is 0 Å². The van der Waals surface area contributed by atoms with Crippen LogP contribution < -0.4 is 10.9 Å². The molecule has 5 heteroatoms. The van der Waals surface area contributed by atoms with Crippen LogP contribution >= 0.6 is 22.6 Å². The smallest absolute Gasteiger partial charge is 0.266 e. The third-order valence-corrected chi connectivity index (χ3v) is 3.41. The molecule has 0 aliphatic rings. The van der Waals surface area contributed by atoms with Gasteiger partial charge in [-0.3, -0.25) is 9.36 Å². The molecule has 0 atom stereocenters. The minimum Gasteiger partial charge on any atom is -0.312 e. The Morgan fingerprint density at radius 2 is 2.06 bits per heavy atom. The van der Waals surface area contributed by atoms with Gasteiger partial charge in [0.2, 0.25) is 0 Å². The molecule has 0 amide bonds. The van der Waals surface area contributed by atoms with Gasteiger partial charge in [-0.15, -0.1) is 0 Å². The topological polar surface area (TPSA) is 46.9 Å². The average Bonchev–Trinajstić information content (AvgIpc) is 2.26. The lowest BCUT2D eigenvalue weighted by Gasteiger charge is -2.20. The zero-order valence-corrected chi connectivity index (χ0v) is 13.7. The highest BCUT2D eigenvalue weighted by Crippen LogP contribution is 2.02. The van der Waals surface area contributed by atoms with Crippen LogP contribution in [0.5, 0.6) is 0 Å². The molecule has 0 aliphatic heterocycles. The van der Waals surface area contributed by atoms with Crippen LogP contribution in [0.15, 0.2) is 11.0 Å². The maximum absolute atomic E-state index is 11.9. The summed E-state index contributed by atoms with van der Waals surface area (Å²) in [5.41, 5.74) is 0.239. The van der Waals surface area contributed by atoms with E-state index in [1.165, 1.54) is 0 Å². The molecule has 4 nitrogen and oxygen atoms in total. The highest BCUT2D eigenvalue weighted by Gasteiger charge is 2.08. The van der Waals surface area contributed by atoms with E-state index in [1.807, 2.05) is 29.5 Å². The van der Waals surface area contributed by atoms with Crippen LogP contribution in [0.1, 0.15) is 39.4 Å². The monoisotopic (exact) mass is 363 g/mol. The molecule has 102 valence electrons. The SMILES string of the molecule is Cc1ncc(I)c(=O)n1CCCCNC(C)(C)C.